The third kappa shape index (κ3) is 1.22. The molecular weight excluding hydrogens is 170 g/mol. The highest BCUT2D eigenvalue weighted by molar-refractivity contribution is 5.76. The maximum Gasteiger partial charge on any atom is 0.277 e. The third-order valence-corrected chi connectivity index (χ3v) is 1.85. The Balaban J connectivity index is 2.71. The van der Waals surface area contributed by atoms with Crippen LogP contribution in [0, 0.1) is 0 Å². The van der Waals surface area contributed by atoms with Gasteiger partial charge in [0, 0.05) is 0 Å². The zero-order chi connectivity index (χ0) is 9.26. The van der Waals surface area contributed by atoms with Gasteiger partial charge >= 0.3 is 0 Å². The first-order valence-electron chi connectivity index (χ1n) is 4.15. The largest absolute Gasteiger partial charge is 0.354 e. The molecule has 0 spiro atoms. The van der Waals surface area contributed by atoms with E-state index in [1.807, 2.05) is 6.92 Å². The zero-order valence-electron chi connectivity index (χ0n) is 7.20. The Morgan fingerprint density at radius 2 is 2.46 bits per heavy atom. The first-order chi connectivity index (χ1) is 6.33. The van der Waals surface area contributed by atoms with Gasteiger partial charge in [-0.25, -0.2) is 5.10 Å². The Bertz CT molecular complexity index is 471. The lowest BCUT2D eigenvalue weighted by atomic mass is 10.2. The molecule has 2 aromatic rings. The minimum Gasteiger partial charge on any atom is -0.354 e. The smallest absolute Gasteiger partial charge is 0.277 e. The molecule has 0 fully saturated rings. The van der Waals surface area contributed by atoms with Crippen LogP contribution in [-0.2, 0) is 6.42 Å². The molecule has 13 heavy (non-hydrogen) atoms. The van der Waals surface area contributed by atoms with Gasteiger partial charge in [-0.05, 0) is 6.42 Å². The number of hydrogen-bond acceptors (Lipinski definition) is 4. The lowest BCUT2D eigenvalue weighted by molar-refractivity contribution is 0.444. The van der Waals surface area contributed by atoms with Gasteiger partial charge in [0.1, 0.15) is 5.39 Å². The molecule has 0 radical (unpaired) electrons. The first-order valence-corrected chi connectivity index (χ1v) is 4.15. The van der Waals surface area contributed by atoms with Gasteiger partial charge in [0.25, 0.3) is 5.56 Å². The van der Waals surface area contributed by atoms with Gasteiger partial charge < -0.3 is 4.52 Å². The minimum atomic E-state index is -0.234. The second-order valence-electron chi connectivity index (χ2n) is 2.82. The van der Waals surface area contributed by atoms with Crippen molar-refractivity contribution in [1.29, 1.82) is 0 Å². The number of nitrogens with one attached hydrogen (secondary N) is 1. The summed E-state index contributed by atoms with van der Waals surface area (Å²) >= 11 is 0. The number of nitrogens with zero attached hydrogens (tertiary/aromatic N) is 2. The summed E-state index contributed by atoms with van der Waals surface area (Å²) in [4.78, 5) is 11.3. The molecule has 0 saturated heterocycles. The molecule has 0 unspecified atom stereocenters. The molecule has 0 amide bonds. The molecule has 0 aliphatic rings. The Morgan fingerprint density at radius 1 is 1.62 bits per heavy atom. The van der Waals surface area contributed by atoms with E-state index in [2.05, 4.69) is 15.4 Å². The predicted octanol–water partition coefficient (Wildman–Crippen LogP) is 0.864. The van der Waals surface area contributed by atoms with E-state index in [-0.39, 0.29) is 5.56 Å². The van der Waals surface area contributed by atoms with E-state index in [1.54, 1.807) is 0 Å². The van der Waals surface area contributed by atoms with Crippen LogP contribution >= 0.6 is 0 Å². The first kappa shape index (κ1) is 7.97. The van der Waals surface area contributed by atoms with Crippen LogP contribution < -0.4 is 5.56 Å². The fourth-order valence-corrected chi connectivity index (χ4v) is 1.28. The van der Waals surface area contributed by atoms with Gasteiger partial charge in [-0.1, -0.05) is 18.5 Å². The maximum absolute atomic E-state index is 11.3. The van der Waals surface area contributed by atoms with E-state index < -0.39 is 0 Å². The Morgan fingerprint density at radius 3 is 3.23 bits per heavy atom. The molecule has 2 heterocycles. The number of aromatic amines is 1. The van der Waals surface area contributed by atoms with Crippen LogP contribution in [0.25, 0.3) is 11.0 Å². The molecule has 5 nitrogen and oxygen atoms in total. The van der Waals surface area contributed by atoms with Gasteiger partial charge in [0.05, 0.1) is 11.9 Å². The van der Waals surface area contributed by atoms with Crippen LogP contribution in [0.15, 0.2) is 15.5 Å². The molecule has 0 aromatic carbocycles. The highest BCUT2D eigenvalue weighted by Crippen LogP contribution is 2.13. The normalized spacial score (nSPS) is 10.8. The highest BCUT2D eigenvalue weighted by atomic mass is 16.5. The van der Waals surface area contributed by atoms with Crippen molar-refractivity contribution < 1.29 is 4.52 Å². The Hall–Kier alpha value is -1.65. The summed E-state index contributed by atoms with van der Waals surface area (Å²) < 4.78 is 4.95. The Kier molecular flexibility index (Phi) is 1.84. The van der Waals surface area contributed by atoms with Crippen LogP contribution in [0.3, 0.4) is 0 Å². The predicted molar refractivity (Wildman–Crippen MR) is 46.4 cm³/mol. The van der Waals surface area contributed by atoms with Crippen molar-refractivity contribution in [3.63, 3.8) is 0 Å². The number of aromatic nitrogens is 3. The third-order valence-electron chi connectivity index (χ3n) is 1.85. The van der Waals surface area contributed by atoms with Crippen molar-refractivity contribution in [3.05, 3.63) is 22.2 Å². The molecular formula is C8H9N3O2. The van der Waals surface area contributed by atoms with Crippen LogP contribution in [0.5, 0.6) is 0 Å². The summed E-state index contributed by atoms with van der Waals surface area (Å²) in [6, 6.07) is 0. The fourth-order valence-electron chi connectivity index (χ4n) is 1.28. The standard InChI is InChI=1S/C8H9N3O2/c1-2-3-5-7-6(13-11-5)4-9-10-8(7)12/h4H,2-3H2,1H3,(H,10,12). The zero-order valence-corrected chi connectivity index (χ0v) is 7.20. The van der Waals surface area contributed by atoms with Crippen LogP contribution in [-0.4, -0.2) is 15.4 Å². The molecule has 1 N–H and O–H groups in total. The van der Waals surface area contributed by atoms with Gasteiger partial charge in [0.15, 0.2) is 5.58 Å². The quantitative estimate of drug-likeness (QED) is 0.742. The summed E-state index contributed by atoms with van der Waals surface area (Å²) in [5, 5.41) is 10.3. The second-order valence-corrected chi connectivity index (χ2v) is 2.82. The van der Waals surface area contributed by atoms with Crippen molar-refractivity contribution in [2.45, 2.75) is 19.8 Å². The SMILES string of the molecule is CCCc1noc2cn[nH]c(=O)c12. The van der Waals surface area contributed by atoms with Crippen molar-refractivity contribution in [2.75, 3.05) is 0 Å². The molecule has 0 aliphatic carbocycles. The average Bonchev–Trinajstić information content (AvgIpc) is 2.51. The average molecular weight is 179 g/mol. The summed E-state index contributed by atoms with van der Waals surface area (Å²) in [6.45, 7) is 2.02. The second kappa shape index (κ2) is 3.01. The van der Waals surface area contributed by atoms with Crippen LogP contribution in [0.1, 0.15) is 19.0 Å². The number of rotatable bonds is 2. The van der Waals surface area contributed by atoms with Crippen molar-refractivity contribution >= 4 is 11.0 Å². The van der Waals surface area contributed by atoms with E-state index >= 15 is 0 Å². The molecule has 0 aliphatic heterocycles. The van der Waals surface area contributed by atoms with Gasteiger partial charge in [-0.15, -0.1) is 0 Å². The van der Waals surface area contributed by atoms with E-state index in [4.69, 9.17) is 4.52 Å². The minimum absolute atomic E-state index is 0.234. The molecule has 0 bridgehead atoms. The van der Waals surface area contributed by atoms with Crippen LogP contribution in [0.4, 0.5) is 0 Å². The number of aryl methyl sites for hydroxylation is 1. The topological polar surface area (TPSA) is 71.8 Å². The van der Waals surface area contributed by atoms with Crippen LogP contribution in [0.2, 0.25) is 0 Å². The lowest BCUT2D eigenvalue weighted by Crippen LogP contribution is -2.07. The summed E-state index contributed by atoms with van der Waals surface area (Å²) in [5.74, 6) is 0. The maximum atomic E-state index is 11.3. The molecule has 0 saturated carbocycles. The lowest BCUT2D eigenvalue weighted by Gasteiger charge is -1.88. The highest BCUT2D eigenvalue weighted by Gasteiger charge is 2.10. The summed E-state index contributed by atoms with van der Waals surface area (Å²) in [5.41, 5.74) is 0.926. The molecule has 0 atom stereocenters. The Labute approximate surface area is 73.7 Å². The van der Waals surface area contributed by atoms with E-state index in [9.17, 15) is 4.79 Å². The number of fused-ring (bicyclic) bond motifs is 1. The van der Waals surface area contributed by atoms with Crippen molar-refractivity contribution in [2.24, 2.45) is 0 Å². The molecule has 68 valence electrons. The fraction of sp³-hybridized carbons (Fsp3) is 0.375. The van der Waals surface area contributed by atoms with Crippen molar-refractivity contribution in [3.8, 4) is 0 Å². The molecule has 2 aromatic heterocycles. The monoisotopic (exact) mass is 179 g/mol. The molecule has 5 heteroatoms. The van der Waals surface area contributed by atoms with Crippen molar-refractivity contribution in [1.82, 2.24) is 15.4 Å². The summed E-state index contributed by atoms with van der Waals surface area (Å²) in [7, 11) is 0. The van der Waals surface area contributed by atoms with E-state index in [0.29, 0.717) is 16.7 Å². The van der Waals surface area contributed by atoms with E-state index in [0.717, 1.165) is 12.8 Å². The molecule has 2 rings (SSSR count). The van der Waals surface area contributed by atoms with Gasteiger partial charge in [0.2, 0.25) is 0 Å². The van der Waals surface area contributed by atoms with Gasteiger partial charge in [-0.2, -0.15) is 5.10 Å². The van der Waals surface area contributed by atoms with E-state index in [1.165, 1.54) is 6.20 Å². The number of hydrogen-bond donors (Lipinski definition) is 1. The number of H-pyrrole nitrogens is 1. The summed E-state index contributed by atoms with van der Waals surface area (Å²) in [6.07, 6.45) is 3.15. The van der Waals surface area contributed by atoms with Gasteiger partial charge in [-0.3, -0.25) is 4.79 Å².